The van der Waals surface area contributed by atoms with Gasteiger partial charge in [-0.2, -0.15) is 0 Å². The van der Waals surface area contributed by atoms with Crippen molar-refractivity contribution in [2.45, 2.75) is 39.3 Å². The molecule has 1 aromatic rings. The monoisotopic (exact) mass is 233 g/mol. The molecule has 1 saturated heterocycles. The fourth-order valence-electron chi connectivity index (χ4n) is 2.43. The number of benzene rings is 1. The smallest absolute Gasteiger partial charge is 0.320 e. The van der Waals surface area contributed by atoms with Gasteiger partial charge in [0, 0.05) is 6.54 Å². The van der Waals surface area contributed by atoms with Crippen LogP contribution < -0.4 is 0 Å². The van der Waals surface area contributed by atoms with Gasteiger partial charge in [0.2, 0.25) is 0 Å². The zero-order chi connectivity index (χ0) is 12.4. The highest BCUT2D eigenvalue weighted by molar-refractivity contribution is 5.73. The second-order valence-electron chi connectivity index (χ2n) is 4.89. The number of aliphatic carboxylic acids is 1. The van der Waals surface area contributed by atoms with E-state index >= 15 is 0 Å². The van der Waals surface area contributed by atoms with E-state index in [0.29, 0.717) is 0 Å². The first-order valence-electron chi connectivity index (χ1n) is 6.11. The van der Waals surface area contributed by atoms with Crippen LogP contribution in [0.15, 0.2) is 18.2 Å². The zero-order valence-electron chi connectivity index (χ0n) is 10.4. The van der Waals surface area contributed by atoms with Crippen LogP contribution in [-0.4, -0.2) is 28.6 Å². The molecule has 0 spiro atoms. The maximum atomic E-state index is 11.1. The number of nitrogens with zero attached hydrogens (tertiary/aromatic N) is 1. The molecule has 3 nitrogen and oxygen atoms in total. The highest BCUT2D eigenvalue weighted by Crippen LogP contribution is 2.21. The van der Waals surface area contributed by atoms with Crippen LogP contribution >= 0.6 is 0 Å². The van der Waals surface area contributed by atoms with Gasteiger partial charge in [-0.3, -0.25) is 9.69 Å². The van der Waals surface area contributed by atoms with E-state index in [0.717, 1.165) is 25.9 Å². The summed E-state index contributed by atoms with van der Waals surface area (Å²) in [6.07, 6.45) is 1.77. The van der Waals surface area contributed by atoms with Gasteiger partial charge < -0.3 is 5.11 Å². The average Bonchev–Trinajstić information content (AvgIpc) is 2.72. The van der Waals surface area contributed by atoms with Crippen molar-refractivity contribution < 1.29 is 9.90 Å². The van der Waals surface area contributed by atoms with Crippen LogP contribution in [0, 0.1) is 13.8 Å². The SMILES string of the molecule is Cc1ccc(CN2CCC[C@@H]2C(=O)O)cc1C. The van der Waals surface area contributed by atoms with Gasteiger partial charge in [0.25, 0.3) is 0 Å². The number of hydrogen-bond acceptors (Lipinski definition) is 2. The van der Waals surface area contributed by atoms with E-state index in [2.05, 4.69) is 36.9 Å². The Balaban J connectivity index is 2.09. The molecule has 0 saturated carbocycles. The maximum Gasteiger partial charge on any atom is 0.320 e. The summed E-state index contributed by atoms with van der Waals surface area (Å²) in [4.78, 5) is 13.1. The molecule has 1 heterocycles. The Kier molecular flexibility index (Phi) is 3.48. The number of carboxylic acids is 1. The lowest BCUT2D eigenvalue weighted by Crippen LogP contribution is -2.35. The molecule has 0 aromatic heterocycles. The summed E-state index contributed by atoms with van der Waals surface area (Å²) in [5.41, 5.74) is 3.76. The second-order valence-corrected chi connectivity index (χ2v) is 4.89. The highest BCUT2D eigenvalue weighted by atomic mass is 16.4. The molecule has 1 aliphatic rings. The van der Waals surface area contributed by atoms with Gasteiger partial charge in [-0.25, -0.2) is 0 Å². The van der Waals surface area contributed by atoms with Gasteiger partial charge in [0.1, 0.15) is 6.04 Å². The summed E-state index contributed by atoms with van der Waals surface area (Å²) >= 11 is 0. The molecule has 17 heavy (non-hydrogen) atoms. The first kappa shape index (κ1) is 12.1. The Labute approximate surface area is 102 Å². The largest absolute Gasteiger partial charge is 0.480 e. The standard InChI is InChI=1S/C14H19NO2/c1-10-5-6-12(8-11(10)2)9-15-7-3-4-13(15)14(16)17/h5-6,8,13H,3-4,7,9H2,1-2H3,(H,16,17)/t13-/m1/s1. The lowest BCUT2D eigenvalue weighted by molar-refractivity contribution is -0.142. The van der Waals surface area contributed by atoms with E-state index in [1.165, 1.54) is 16.7 Å². The van der Waals surface area contributed by atoms with Crippen LogP contribution in [0.2, 0.25) is 0 Å². The molecule has 0 radical (unpaired) electrons. The minimum absolute atomic E-state index is 0.295. The average molecular weight is 233 g/mol. The number of carbonyl (C=O) groups is 1. The molecule has 1 aromatic carbocycles. The topological polar surface area (TPSA) is 40.5 Å². The maximum absolute atomic E-state index is 11.1. The minimum atomic E-state index is -0.689. The molecule has 3 heteroatoms. The van der Waals surface area contributed by atoms with E-state index in [1.807, 2.05) is 0 Å². The van der Waals surface area contributed by atoms with Gasteiger partial charge in [-0.05, 0) is 49.9 Å². The van der Waals surface area contributed by atoms with Gasteiger partial charge in [-0.1, -0.05) is 18.2 Å². The molecule has 92 valence electrons. The molecule has 1 atom stereocenters. The van der Waals surface area contributed by atoms with Crippen LogP contribution in [-0.2, 0) is 11.3 Å². The van der Waals surface area contributed by atoms with E-state index in [9.17, 15) is 4.79 Å². The van der Waals surface area contributed by atoms with Crippen molar-refractivity contribution in [2.24, 2.45) is 0 Å². The van der Waals surface area contributed by atoms with Crippen molar-refractivity contribution in [3.8, 4) is 0 Å². The Morgan fingerprint density at radius 2 is 2.18 bits per heavy atom. The van der Waals surface area contributed by atoms with E-state index in [1.54, 1.807) is 0 Å². The summed E-state index contributed by atoms with van der Waals surface area (Å²) < 4.78 is 0. The predicted octanol–water partition coefficient (Wildman–Crippen LogP) is 2.35. The number of rotatable bonds is 3. The zero-order valence-corrected chi connectivity index (χ0v) is 10.4. The summed E-state index contributed by atoms with van der Waals surface area (Å²) in [6.45, 7) is 5.83. The Bertz CT molecular complexity index is 428. The van der Waals surface area contributed by atoms with Gasteiger partial charge in [-0.15, -0.1) is 0 Å². The van der Waals surface area contributed by atoms with Crippen molar-refractivity contribution in [3.05, 3.63) is 34.9 Å². The molecule has 1 aliphatic heterocycles. The van der Waals surface area contributed by atoms with Gasteiger partial charge >= 0.3 is 5.97 Å². The number of carboxylic acid groups (broad SMARTS) is 1. The lowest BCUT2D eigenvalue weighted by Gasteiger charge is -2.21. The van der Waals surface area contributed by atoms with Gasteiger partial charge in [0.15, 0.2) is 0 Å². The molecule has 1 N–H and O–H groups in total. The van der Waals surface area contributed by atoms with Crippen molar-refractivity contribution in [1.29, 1.82) is 0 Å². The van der Waals surface area contributed by atoms with Crippen molar-refractivity contribution in [1.82, 2.24) is 4.90 Å². The van der Waals surface area contributed by atoms with E-state index in [4.69, 9.17) is 5.11 Å². The van der Waals surface area contributed by atoms with Crippen LogP contribution in [0.25, 0.3) is 0 Å². The predicted molar refractivity (Wildman–Crippen MR) is 67.0 cm³/mol. The second kappa shape index (κ2) is 4.88. The Morgan fingerprint density at radius 3 is 2.82 bits per heavy atom. The molecule has 0 aliphatic carbocycles. The third-order valence-electron chi connectivity index (χ3n) is 3.61. The first-order chi connectivity index (χ1) is 8.08. The van der Waals surface area contributed by atoms with Gasteiger partial charge in [0.05, 0.1) is 0 Å². The van der Waals surface area contributed by atoms with Crippen molar-refractivity contribution in [3.63, 3.8) is 0 Å². The summed E-state index contributed by atoms with van der Waals surface area (Å²) in [7, 11) is 0. The van der Waals surface area contributed by atoms with Crippen molar-refractivity contribution in [2.75, 3.05) is 6.54 Å². The van der Waals surface area contributed by atoms with E-state index < -0.39 is 5.97 Å². The molecule has 1 fully saturated rings. The Morgan fingerprint density at radius 1 is 1.41 bits per heavy atom. The van der Waals surface area contributed by atoms with Crippen LogP contribution in [0.4, 0.5) is 0 Å². The van der Waals surface area contributed by atoms with Crippen molar-refractivity contribution >= 4 is 5.97 Å². The first-order valence-corrected chi connectivity index (χ1v) is 6.11. The third kappa shape index (κ3) is 2.67. The normalized spacial score (nSPS) is 20.7. The fourth-order valence-corrected chi connectivity index (χ4v) is 2.43. The fraction of sp³-hybridized carbons (Fsp3) is 0.500. The summed E-state index contributed by atoms with van der Waals surface area (Å²) in [5, 5.41) is 9.12. The minimum Gasteiger partial charge on any atom is -0.480 e. The van der Waals surface area contributed by atoms with E-state index in [-0.39, 0.29) is 6.04 Å². The molecular formula is C14H19NO2. The molecule has 0 amide bonds. The number of likely N-dealkylation sites (tertiary alicyclic amines) is 1. The molecular weight excluding hydrogens is 214 g/mol. The van der Waals surface area contributed by atoms with Crippen LogP contribution in [0.1, 0.15) is 29.5 Å². The number of aryl methyl sites for hydroxylation is 2. The van der Waals surface area contributed by atoms with Crippen LogP contribution in [0.3, 0.4) is 0 Å². The molecule has 0 unspecified atom stereocenters. The Hall–Kier alpha value is -1.35. The quantitative estimate of drug-likeness (QED) is 0.871. The highest BCUT2D eigenvalue weighted by Gasteiger charge is 2.30. The molecule has 0 bridgehead atoms. The number of hydrogen-bond donors (Lipinski definition) is 1. The lowest BCUT2D eigenvalue weighted by atomic mass is 10.1. The van der Waals surface area contributed by atoms with Crippen LogP contribution in [0.5, 0.6) is 0 Å². The molecule has 2 rings (SSSR count). The third-order valence-corrected chi connectivity index (χ3v) is 3.61. The summed E-state index contributed by atoms with van der Waals surface area (Å²) in [6, 6.07) is 6.07. The summed E-state index contributed by atoms with van der Waals surface area (Å²) in [5.74, 6) is -0.689.